The van der Waals surface area contributed by atoms with Crippen molar-refractivity contribution in [3.05, 3.63) is 35.5 Å². The third-order valence-corrected chi connectivity index (χ3v) is 2.71. The molecule has 1 amide bonds. The summed E-state index contributed by atoms with van der Waals surface area (Å²) in [5.41, 5.74) is -0.198. The first-order chi connectivity index (χ1) is 10.7. The Labute approximate surface area is 126 Å². The number of nitrogens with zero attached hydrogens (tertiary/aromatic N) is 3. The van der Waals surface area contributed by atoms with Crippen molar-refractivity contribution in [2.45, 2.75) is 19.1 Å². The molecule has 2 aromatic rings. The van der Waals surface area contributed by atoms with Gasteiger partial charge in [-0.2, -0.15) is 23.4 Å². The molecule has 1 atom stereocenters. The molecule has 1 N–H and O–H groups in total. The van der Waals surface area contributed by atoms with Crippen LogP contribution in [-0.2, 0) is 11.0 Å². The van der Waals surface area contributed by atoms with Crippen LogP contribution in [0.4, 0.5) is 17.6 Å². The van der Waals surface area contributed by atoms with E-state index in [1.54, 1.807) is 6.07 Å². The van der Waals surface area contributed by atoms with Crippen molar-refractivity contribution in [3.63, 3.8) is 0 Å². The molecule has 0 radical (unpaired) electrons. The number of carbonyl (C=O) groups is 1. The maximum absolute atomic E-state index is 14.1. The van der Waals surface area contributed by atoms with Crippen molar-refractivity contribution in [2.75, 3.05) is 0 Å². The van der Waals surface area contributed by atoms with Crippen molar-refractivity contribution in [1.82, 2.24) is 15.5 Å². The summed E-state index contributed by atoms with van der Waals surface area (Å²) in [4.78, 5) is 14.1. The van der Waals surface area contributed by atoms with Crippen LogP contribution in [0.15, 0.2) is 22.7 Å². The number of nitrogens with one attached hydrogen (secondary N) is 1. The van der Waals surface area contributed by atoms with E-state index in [0.717, 1.165) is 19.1 Å². The molecule has 120 valence electrons. The van der Waals surface area contributed by atoms with Gasteiger partial charge in [0.25, 0.3) is 0 Å². The molecule has 1 aromatic heterocycles. The lowest BCUT2D eigenvalue weighted by Gasteiger charge is -2.11. The first-order valence-electron chi connectivity index (χ1n) is 6.10. The maximum Gasteiger partial charge on any atom is 0.471 e. The van der Waals surface area contributed by atoms with Crippen LogP contribution in [0.3, 0.4) is 0 Å². The van der Waals surface area contributed by atoms with E-state index in [1.165, 1.54) is 6.07 Å². The zero-order valence-electron chi connectivity index (χ0n) is 11.5. The zero-order chi connectivity index (χ0) is 17.2. The molecule has 0 spiro atoms. The van der Waals surface area contributed by atoms with Crippen molar-refractivity contribution in [2.24, 2.45) is 0 Å². The van der Waals surface area contributed by atoms with E-state index in [9.17, 15) is 22.4 Å². The first-order valence-corrected chi connectivity index (χ1v) is 6.10. The lowest BCUT2D eigenvalue weighted by Crippen LogP contribution is -2.25. The van der Waals surface area contributed by atoms with Crippen LogP contribution in [0, 0.1) is 17.1 Å². The SMILES string of the molecule is CC(=O)NC(C#N)c1ccc(-c2noc(C(F)(F)F)n2)cc1F. The molecule has 2 rings (SSSR count). The van der Waals surface area contributed by atoms with Gasteiger partial charge in [-0.05, 0) is 6.07 Å². The molecular formula is C13H8F4N4O2. The van der Waals surface area contributed by atoms with Crippen LogP contribution in [-0.4, -0.2) is 16.0 Å². The fourth-order valence-electron chi connectivity index (χ4n) is 1.74. The Bertz CT molecular complexity index is 779. The van der Waals surface area contributed by atoms with Crippen LogP contribution >= 0.6 is 0 Å². The van der Waals surface area contributed by atoms with E-state index in [0.29, 0.717) is 0 Å². The summed E-state index contributed by atoms with van der Waals surface area (Å²) in [6.07, 6.45) is -4.80. The quantitative estimate of drug-likeness (QED) is 0.874. The van der Waals surface area contributed by atoms with Gasteiger partial charge >= 0.3 is 12.1 Å². The highest BCUT2D eigenvalue weighted by molar-refractivity contribution is 5.74. The number of aromatic nitrogens is 2. The second-order valence-electron chi connectivity index (χ2n) is 4.42. The normalized spacial score (nSPS) is 12.5. The molecule has 0 aliphatic carbocycles. The minimum absolute atomic E-state index is 0.0648. The number of halogens is 4. The number of nitriles is 1. The highest BCUT2D eigenvalue weighted by Gasteiger charge is 2.38. The summed E-state index contributed by atoms with van der Waals surface area (Å²) in [6, 6.07) is 3.70. The van der Waals surface area contributed by atoms with Gasteiger partial charge in [-0.3, -0.25) is 4.79 Å². The Morgan fingerprint density at radius 2 is 2.13 bits per heavy atom. The lowest BCUT2D eigenvalue weighted by molar-refractivity contribution is -0.159. The van der Waals surface area contributed by atoms with E-state index in [-0.39, 0.29) is 11.1 Å². The van der Waals surface area contributed by atoms with Crippen molar-refractivity contribution >= 4 is 5.91 Å². The van der Waals surface area contributed by atoms with Crippen LogP contribution in [0.1, 0.15) is 24.4 Å². The maximum atomic E-state index is 14.1. The summed E-state index contributed by atoms with van der Waals surface area (Å²) >= 11 is 0. The minimum atomic E-state index is -4.80. The topological polar surface area (TPSA) is 91.8 Å². The molecule has 6 nitrogen and oxygen atoms in total. The smallest absolute Gasteiger partial charge is 0.337 e. The number of hydrogen-bond donors (Lipinski definition) is 1. The summed E-state index contributed by atoms with van der Waals surface area (Å²) in [7, 11) is 0. The Hall–Kier alpha value is -2.96. The first kappa shape index (κ1) is 16.4. The molecule has 0 fully saturated rings. The van der Waals surface area contributed by atoms with Gasteiger partial charge in [0.15, 0.2) is 0 Å². The summed E-state index contributed by atoms with van der Waals surface area (Å²) in [5, 5.41) is 14.3. The van der Waals surface area contributed by atoms with Gasteiger partial charge in [0.05, 0.1) is 6.07 Å². The van der Waals surface area contributed by atoms with E-state index in [1.807, 2.05) is 0 Å². The molecule has 0 bridgehead atoms. The van der Waals surface area contributed by atoms with Crippen LogP contribution < -0.4 is 5.32 Å². The monoisotopic (exact) mass is 328 g/mol. The lowest BCUT2D eigenvalue weighted by atomic mass is 10.0. The standard InChI is InChI=1S/C13H8F4N4O2/c1-6(22)19-10(5-18)8-3-2-7(4-9(8)14)11-20-12(23-21-11)13(15,16)17/h2-4,10H,1H3,(H,19,22). The third-order valence-electron chi connectivity index (χ3n) is 2.71. The van der Waals surface area contributed by atoms with Crippen molar-refractivity contribution < 1.29 is 26.9 Å². The van der Waals surface area contributed by atoms with Gasteiger partial charge in [-0.15, -0.1) is 0 Å². The van der Waals surface area contributed by atoms with Gasteiger partial charge in [-0.25, -0.2) is 4.39 Å². The molecule has 0 aliphatic heterocycles. The molecule has 1 aromatic carbocycles. The Morgan fingerprint density at radius 3 is 2.61 bits per heavy atom. The Balaban J connectivity index is 2.34. The predicted octanol–water partition coefficient (Wildman–Crippen LogP) is 2.60. The Morgan fingerprint density at radius 1 is 1.43 bits per heavy atom. The van der Waals surface area contributed by atoms with Crippen molar-refractivity contribution in [1.29, 1.82) is 5.26 Å². The number of hydrogen-bond acceptors (Lipinski definition) is 5. The summed E-state index contributed by atoms with van der Waals surface area (Å²) in [6.45, 7) is 1.16. The number of alkyl halides is 3. The molecule has 1 unspecified atom stereocenters. The van der Waals surface area contributed by atoms with E-state index < -0.39 is 35.7 Å². The minimum Gasteiger partial charge on any atom is -0.337 e. The van der Waals surface area contributed by atoms with Gasteiger partial charge in [0.1, 0.15) is 11.9 Å². The Kier molecular flexibility index (Phi) is 4.31. The zero-order valence-corrected chi connectivity index (χ0v) is 11.5. The van der Waals surface area contributed by atoms with E-state index in [2.05, 4.69) is 20.0 Å². The highest BCUT2D eigenvalue weighted by Crippen LogP contribution is 2.30. The fraction of sp³-hybridized carbons (Fsp3) is 0.231. The van der Waals surface area contributed by atoms with Crippen LogP contribution in [0.5, 0.6) is 0 Å². The summed E-state index contributed by atoms with van der Waals surface area (Å²) in [5.74, 6) is -3.44. The largest absolute Gasteiger partial charge is 0.471 e. The van der Waals surface area contributed by atoms with Crippen LogP contribution in [0.25, 0.3) is 11.4 Å². The third kappa shape index (κ3) is 3.63. The average Bonchev–Trinajstić information content (AvgIpc) is 2.94. The number of amides is 1. The second-order valence-corrected chi connectivity index (χ2v) is 4.42. The van der Waals surface area contributed by atoms with Gasteiger partial charge in [-0.1, -0.05) is 17.3 Å². The van der Waals surface area contributed by atoms with E-state index >= 15 is 0 Å². The second kappa shape index (κ2) is 6.04. The molecular weight excluding hydrogens is 320 g/mol. The predicted molar refractivity (Wildman–Crippen MR) is 66.9 cm³/mol. The van der Waals surface area contributed by atoms with Crippen molar-refractivity contribution in [3.8, 4) is 17.5 Å². The molecule has 0 saturated carbocycles. The van der Waals surface area contributed by atoms with E-state index in [4.69, 9.17) is 5.26 Å². The number of carbonyl (C=O) groups excluding carboxylic acids is 1. The molecule has 23 heavy (non-hydrogen) atoms. The summed E-state index contributed by atoms with van der Waals surface area (Å²) < 4.78 is 55.3. The molecule has 0 saturated heterocycles. The molecule has 0 aliphatic rings. The number of benzene rings is 1. The van der Waals surface area contributed by atoms with Gasteiger partial charge in [0.2, 0.25) is 11.7 Å². The fourth-order valence-corrected chi connectivity index (χ4v) is 1.74. The number of rotatable bonds is 3. The highest BCUT2D eigenvalue weighted by atomic mass is 19.4. The van der Waals surface area contributed by atoms with Crippen LogP contribution in [0.2, 0.25) is 0 Å². The molecule has 1 heterocycles. The average molecular weight is 328 g/mol. The molecule has 10 heteroatoms. The van der Waals surface area contributed by atoms with Gasteiger partial charge in [0, 0.05) is 18.1 Å². The van der Waals surface area contributed by atoms with Gasteiger partial charge < -0.3 is 9.84 Å².